The molecular formula is C13H19N5O4. The van der Waals surface area contributed by atoms with Crippen LogP contribution in [0.4, 0.5) is 10.7 Å². The molecule has 1 rings (SSSR count). The molecule has 3 amide bonds. The standard InChI is InChI=1S/C13H19N5O4/c1-8(2)10(11(20)17-12(14)21)22-9(19)7-18(3)13-15-5-4-6-16-13/h4-6,8,10H,7H2,1-3H3,(H3,14,17,20,21). The van der Waals surface area contributed by atoms with Crippen molar-refractivity contribution in [3.63, 3.8) is 0 Å². The number of amides is 3. The molecule has 1 unspecified atom stereocenters. The number of aromatic nitrogens is 2. The Kier molecular flexibility index (Phi) is 6.24. The van der Waals surface area contributed by atoms with Crippen molar-refractivity contribution in [2.45, 2.75) is 20.0 Å². The van der Waals surface area contributed by atoms with Gasteiger partial charge >= 0.3 is 12.0 Å². The lowest BCUT2D eigenvalue weighted by Crippen LogP contribution is -2.46. The number of hydrogen-bond donors (Lipinski definition) is 2. The molecule has 0 spiro atoms. The Morgan fingerprint density at radius 3 is 2.41 bits per heavy atom. The minimum absolute atomic E-state index is 0.142. The van der Waals surface area contributed by atoms with Gasteiger partial charge in [-0.05, 0) is 12.0 Å². The quantitative estimate of drug-likeness (QED) is 0.689. The van der Waals surface area contributed by atoms with Crippen LogP contribution in [-0.4, -0.2) is 47.6 Å². The highest BCUT2D eigenvalue weighted by Crippen LogP contribution is 2.09. The minimum Gasteiger partial charge on any atom is -0.451 e. The smallest absolute Gasteiger partial charge is 0.326 e. The highest BCUT2D eigenvalue weighted by atomic mass is 16.5. The molecule has 22 heavy (non-hydrogen) atoms. The molecule has 0 fully saturated rings. The van der Waals surface area contributed by atoms with Crippen molar-refractivity contribution >= 4 is 23.9 Å². The molecule has 0 bridgehead atoms. The fourth-order valence-corrected chi connectivity index (χ4v) is 1.62. The second-order valence-corrected chi connectivity index (χ2v) is 4.91. The van der Waals surface area contributed by atoms with E-state index in [1.807, 2.05) is 5.32 Å². The van der Waals surface area contributed by atoms with Gasteiger partial charge in [0.05, 0.1) is 0 Å². The van der Waals surface area contributed by atoms with E-state index < -0.39 is 24.0 Å². The van der Waals surface area contributed by atoms with Crippen molar-refractivity contribution in [3.8, 4) is 0 Å². The average Bonchev–Trinajstić information content (AvgIpc) is 2.44. The van der Waals surface area contributed by atoms with Crippen LogP contribution in [0.3, 0.4) is 0 Å². The van der Waals surface area contributed by atoms with Crippen LogP contribution in [0.15, 0.2) is 18.5 Å². The van der Waals surface area contributed by atoms with Gasteiger partial charge in [0.1, 0.15) is 6.54 Å². The van der Waals surface area contributed by atoms with E-state index in [0.29, 0.717) is 5.95 Å². The monoisotopic (exact) mass is 309 g/mol. The van der Waals surface area contributed by atoms with Gasteiger partial charge in [-0.2, -0.15) is 0 Å². The number of imide groups is 1. The molecule has 0 aromatic carbocycles. The summed E-state index contributed by atoms with van der Waals surface area (Å²) in [5, 5.41) is 1.90. The van der Waals surface area contributed by atoms with Crippen molar-refractivity contribution in [2.24, 2.45) is 11.7 Å². The number of nitrogens with zero attached hydrogens (tertiary/aromatic N) is 3. The average molecular weight is 309 g/mol. The van der Waals surface area contributed by atoms with Crippen molar-refractivity contribution in [3.05, 3.63) is 18.5 Å². The summed E-state index contributed by atoms with van der Waals surface area (Å²) in [5.41, 5.74) is 4.88. The number of primary amides is 1. The van der Waals surface area contributed by atoms with Gasteiger partial charge in [-0.25, -0.2) is 14.8 Å². The molecule has 0 radical (unpaired) electrons. The van der Waals surface area contributed by atoms with Gasteiger partial charge in [0.25, 0.3) is 5.91 Å². The Bertz CT molecular complexity index is 534. The van der Waals surface area contributed by atoms with Gasteiger partial charge in [-0.15, -0.1) is 0 Å². The Morgan fingerprint density at radius 1 is 1.32 bits per heavy atom. The largest absolute Gasteiger partial charge is 0.451 e. The van der Waals surface area contributed by atoms with Gasteiger partial charge in [0.2, 0.25) is 5.95 Å². The Morgan fingerprint density at radius 2 is 1.91 bits per heavy atom. The summed E-state index contributed by atoms with van der Waals surface area (Å²) in [6.07, 6.45) is 1.98. The highest BCUT2D eigenvalue weighted by Gasteiger charge is 2.27. The predicted octanol–water partition coefficient (Wildman–Crippen LogP) is -0.324. The number of esters is 1. The molecule has 0 saturated carbocycles. The molecule has 0 saturated heterocycles. The fourth-order valence-electron chi connectivity index (χ4n) is 1.62. The summed E-state index contributed by atoms with van der Waals surface area (Å²) in [5.74, 6) is -1.37. The Balaban J connectivity index is 2.64. The summed E-state index contributed by atoms with van der Waals surface area (Å²) in [7, 11) is 1.62. The number of hydrogen-bond acceptors (Lipinski definition) is 7. The summed E-state index contributed by atoms with van der Waals surface area (Å²) >= 11 is 0. The first-order chi connectivity index (χ1) is 10.3. The number of nitrogens with two attached hydrogens (primary N) is 1. The summed E-state index contributed by atoms with van der Waals surface area (Å²) in [6, 6.07) is 0.653. The van der Waals surface area contributed by atoms with E-state index in [1.165, 1.54) is 4.90 Å². The Labute approximate surface area is 127 Å². The van der Waals surface area contributed by atoms with Crippen LogP contribution in [0.1, 0.15) is 13.8 Å². The molecule has 9 heteroatoms. The molecule has 0 aliphatic heterocycles. The predicted molar refractivity (Wildman–Crippen MR) is 77.7 cm³/mol. The third kappa shape index (κ3) is 5.35. The zero-order valence-electron chi connectivity index (χ0n) is 12.6. The maximum atomic E-state index is 11.9. The second kappa shape index (κ2) is 7.91. The van der Waals surface area contributed by atoms with Gasteiger partial charge in [0.15, 0.2) is 6.10 Å². The molecule has 0 aliphatic rings. The van der Waals surface area contributed by atoms with E-state index in [2.05, 4.69) is 9.97 Å². The molecule has 9 nitrogen and oxygen atoms in total. The lowest BCUT2D eigenvalue weighted by molar-refractivity contribution is -0.156. The van der Waals surface area contributed by atoms with E-state index in [-0.39, 0.29) is 12.5 Å². The number of urea groups is 1. The van der Waals surface area contributed by atoms with Gasteiger partial charge in [-0.3, -0.25) is 14.9 Å². The number of carbonyl (C=O) groups excluding carboxylic acids is 3. The maximum absolute atomic E-state index is 11.9. The van der Waals surface area contributed by atoms with Crippen molar-refractivity contribution in [1.82, 2.24) is 15.3 Å². The zero-order chi connectivity index (χ0) is 16.7. The Hall–Kier alpha value is -2.71. The molecular weight excluding hydrogens is 290 g/mol. The van der Waals surface area contributed by atoms with E-state index in [0.717, 1.165) is 0 Å². The summed E-state index contributed by atoms with van der Waals surface area (Å²) in [6.45, 7) is 3.22. The van der Waals surface area contributed by atoms with Crippen molar-refractivity contribution in [2.75, 3.05) is 18.5 Å². The molecule has 120 valence electrons. The van der Waals surface area contributed by atoms with E-state index >= 15 is 0 Å². The third-order valence-electron chi connectivity index (χ3n) is 2.63. The molecule has 1 aromatic rings. The lowest BCUT2D eigenvalue weighted by Gasteiger charge is -2.22. The topological polar surface area (TPSA) is 128 Å². The lowest BCUT2D eigenvalue weighted by atomic mass is 10.1. The number of carbonyl (C=O) groups is 3. The number of anilines is 1. The van der Waals surface area contributed by atoms with Crippen molar-refractivity contribution < 1.29 is 19.1 Å². The SMILES string of the molecule is CC(C)C(OC(=O)CN(C)c1ncccn1)C(=O)NC(N)=O. The number of ether oxygens (including phenoxy) is 1. The van der Waals surface area contributed by atoms with Crippen LogP contribution in [0.5, 0.6) is 0 Å². The highest BCUT2D eigenvalue weighted by molar-refractivity contribution is 5.96. The van der Waals surface area contributed by atoms with Crippen LogP contribution in [0, 0.1) is 5.92 Å². The first kappa shape index (κ1) is 17.3. The third-order valence-corrected chi connectivity index (χ3v) is 2.63. The van der Waals surface area contributed by atoms with Crippen LogP contribution in [0.25, 0.3) is 0 Å². The van der Waals surface area contributed by atoms with Gasteiger partial charge in [0, 0.05) is 19.4 Å². The van der Waals surface area contributed by atoms with Crippen LogP contribution in [-0.2, 0) is 14.3 Å². The first-order valence-electron chi connectivity index (χ1n) is 6.59. The van der Waals surface area contributed by atoms with Crippen LogP contribution < -0.4 is 16.0 Å². The molecule has 0 aliphatic carbocycles. The van der Waals surface area contributed by atoms with Gasteiger partial charge in [-0.1, -0.05) is 13.8 Å². The fraction of sp³-hybridized carbons (Fsp3) is 0.462. The molecule has 1 heterocycles. The number of rotatable bonds is 6. The summed E-state index contributed by atoms with van der Waals surface area (Å²) < 4.78 is 5.11. The number of likely N-dealkylation sites (N-methyl/N-ethyl adjacent to an activating group) is 1. The maximum Gasteiger partial charge on any atom is 0.326 e. The summed E-state index contributed by atoms with van der Waals surface area (Å²) in [4.78, 5) is 43.8. The number of nitrogens with one attached hydrogen (secondary N) is 1. The molecule has 1 aromatic heterocycles. The van der Waals surface area contributed by atoms with Crippen LogP contribution >= 0.6 is 0 Å². The van der Waals surface area contributed by atoms with E-state index in [9.17, 15) is 14.4 Å². The normalized spacial score (nSPS) is 11.6. The minimum atomic E-state index is -1.11. The van der Waals surface area contributed by atoms with Crippen LogP contribution in [0.2, 0.25) is 0 Å². The van der Waals surface area contributed by atoms with Crippen molar-refractivity contribution in [1.29, 1.82) is 0 Å². The van der Waals surface area contributed by atoms with Gasteiger partial charge < -0.3 is 15.4 Å². The zero-order valence-corrected chi connectivity index (χ0v) is 12.6. The van der Waals surface area contributed by atoms with E-state index in [1.54, 1.807) is 39.4 Å². The molecule has 3 N–H and O–H groups in total. The first-order valence-corrected chi connectivity index (χ1v) is 6.59. The second-order valence-electron chi connectivity index (χ2n) is 4.91. The van der Waals surface area contributed by atoms with E-state index in [4.69, 9.17) is 10.5 Å². The molecule has 1 atom stereocenters.